The normalized spacial score (nSPS) is 30.7. The van der Waals surface area contributed by atoms with E-state index in [1.165, 1.54) is 0 Å². The third-order valence-corrected chi connectivity index (χ3v) is 6.94. The Hall–Kier alpha value is -1.19. The van der Waals surface area contributed by atoms with Gasteiger partial charge in [0.25, 0.3) is 7.82 Å². The summed E-state index contributed by atoms with van der Waals surface area (Å²) in [5.74, 6) is 1.35. The molecule has 9 nitrogen and oxygen atoms in total. The van der Waals surface area contributed by atoms with Crippen LogP contribution >= 0.6 is 7.82 Å². The molecule has 0 amide bonds. The van der Waals surface area contributed by atoms with Crippen molar-refractivity contribution in [2.24, 2.45) is 0 Å². The monoisotopic (exact) mass is 459 g/mol. The molecule has 1 heterocycles. The average Bonchev–Trinajstić information content (AvgIpc) is 3.14. The Morgan fingerprint density at radius 3 is 2.55 bits per heavy atom. The van der Waals surface area contributed by atoms with E-state index in [-0.39, 0.29) is 18.9 Å². The highest BCUT2D eigenvalue weighted by atomic mass is 31.2. The fourth-order valence-electron chi connectivity index (χ4n) is 4.97. The van der Waals surface area contributed by atoms with E-state index in [9.17, 15) is 14.6 Å². The highest BCUT2D eigenvalue weighted by molar-refractivity contribution is 7.44. The maximum Gasteiger partial charge on any atom is 0.269 e. The van der Waals surface area contributed by atoms with Crippen LogP contribution in [0.15, 0.2) is 18.2 Å². The number of aliphatic hydroxyl groups excluding tert-OH is 1. The zero-order valence-electron chi connectivity index (χ0n) is 18.3. The van der Waals surface area contributed by atoms with E-state index in [0.29, 0.717) is 48.5 Å². The molecule has 1 saturated heterocycles. The third-order valence-electron chi connectivity index (χ3n) is 6.50. The summed E-state index contributed by atoms with van der Waals surface area (Å²) in [5.41, 5.74) is 1.07. The lowest BCUT2D eigenvalue weighted by Gasteiger charge is -2.46. The summed E-state index contributed by atoms with van der Waals surface area (Å²) in [6.45, 7) is 1.34. The van der Waals surface area contributed by atoms with Gasteiger partial charge >= 0.3 is 0 Å². The molecule has 1 aromatic carbocycles. The number of likely N-dealkylation sites (tertiary alicyclic amines) is 1. The Labute approximate surface area is 183 Å². The second-order valence-corrected chi connectivity index (χ2v) is 9.69. The topological polar surface area (TPSA) is 118 Å². The SMILES string of the molecule is COc1ccc(CCO[C@@H]2CCCC[C@@H]2[N@@+]2(COP(=O)([O-])O)CC[C@H](O)C2)cc1OC. The molecule has 31 heavy (non-hydrogen) atoms. The number of aliphatic hydroxyl groups is 1. The second-order valence-electron chi connectivity index (χ2n) is 8.49. The minimum absolute atomic E-state index is 0.0165. The molecule has 3 rings (SSSR count). The maximum absolute atomic E-state index is 11.2. The van der Waals surface area contributed by atoms with Crippen LogP contribution in [0, 0.1) is 0 Å². The summed E-state index contributed by atoms with van der Waals surface area (Å²) in [6.07, 6.45) is 4.51. The van der Waals surface area contributed by atoms with E-state index >= 15 is 0 Å². The molecular formula is C21H34NO8P. The minimum atomic E-state index is -4.84. The van der Waals surface area contributed by atoms with Crippen LogP contribution in [0.5, 0.6) is 11.5 Å². The molecule has 1 unspecified atom stereocenters. The molecule has 2 fully saturated rings. The van der Waals surface area contributed by atoms with Gasteiger partial charge in [-0.2, -0.15) is 0 Å². The van der Waals surface area contributed by atoms with E-state index in [1.54, 1.807) is 14.2 Å². The first-order valence-corrected chi connectivity index (χ1v) is 12.3. The van der Waals surface area contributed by atoms with Crippen LogP contribution in [0.3, 0.4) is 0 Å². The van der Waals surface area contributed by atoms with Gasteiger partial charge in [0, 0.05) is 12.8 Å². The molecule has 2 aliphatic rings. The van der Waals surface area contributed by atoms with Gasteiger partial charge in [0.15, 0.2) is 18.2 Å². The quantitative estimate of drug-likeness (QED) is 0.400. The van der Waals surface area contributed by atoms with E-state index in [1.807, 2.05) is 18.2 Å². The first kappa shape index (κ1) is 24.5. The third kappa shape index (κ3) is 6.42. The molecule has 0 spiro atoms. The Bertz CT molecular complexity index is 772. The standard InChI is InChI=1S/C21H34NO8P/c1-27-20-8-7-16(13-21(20)28-2)10-12-29-19-6-4-3-5-18(19)22(11-9-17(23)14-22)15-30-31(24,25)26/h7-8,13,17-19,23H,3-6,9-12,14-15H2,1-2H3,(H-,24,25,26)/t17-,18-,19+,22-/m0/s1. The summed E-state index contributed by atoms with van der Waals surface area (Å²) in [7, 11) is -1.63. The van der Waals surface area contributed by atoms with Crippen molar-refractivity contribution >= 4 is 7.82 Å². The molecule has 0 radical (unpaired) electrons. The van der Waals surface area contributed by atoms with Crippen LogP contribution in [-0.4, -0.2) is 73.4 Å². The number of ether oxygens (including phenoxy) is 3. The Kier molecular flexibility index (Phi) is 8.37. The van der Waals surface area contributed by atoms with Crippen LogP contribution < -0.4 is 14.4 Å². The minimum Gasteiger partial charge on any atom is -0.756 e. The molecule has 1 saturated carbocycles. The number of hydrogen-bond acceptors (Lipinski definition) is 7. The molecule has 0 aromatic heterocycles. The van der Waals surface area contributed by atoms with Gasteiger partial charge in [-0.1, -0.05) is 12.5 Å². The van der Waals surface area contributed by atoms with Crippen molar-refractivity contribution in [2.45, 2.75) is 56.8 Å². The number of rotatable bonds is 10. The molecule has 176 valence electrons. The van der Waals surface area contributed by atoms with E-state index < -0.39 is 13.9 Å². The maximum atomic E-state index is 11.2. The van der Waals surface area contributed by atoms with Gasteiger partial charge in [-0.05, 0) is 37.0 Å². The van der Waals surface area contributed by atoms with Gasteiger partial charge in [0.1, 0.15) is 24.8 Å². The number of nitrogens with zero attached hydrogens (tertiary/aromatic N) is 1. The number of hydrogen-bond donors (Lipinski definition) is 2. The summed E-state index contributed by atoms with van der Waals surface area (Å²) in [4.78, 5) is 20.4. The van der Waals surface area contributed by atoms with Crippen LogP contribution in [0.4, 0.5) is 0 Å². The van der Waals surface area contributed by atoms with Crippen molar-refractivity contribution in [1.82, 2.24) is 0 Å². The molecule has 2 N–H and O–H groups in total. The second kappa shape index (κ2) is 10.6. The predicted molar refractivity (Wildman–Crippen MR) is 112 cm³/mol. The summed E-state index contributed by atoms with van der Waals surface area (Å²) >= 11 is 0. The number of phosphoric acid groups is 1. The number of phosphoric ester groups is 1. The summed E-state index contributed by atoms with van der Waals surface area (Å²) in [6, 6.07) is 5.81. The summed E-state index contributed by atoms with van der Waals surface area (Å²) in [5, 5.41) is 10.2. The van der Waals surface area contributed by atoms with E-state index in [2.05, 4.69) is 0 Å². The molecule has 1 aromatic rings. The highest BCUT2D eigenvalue weighted by Crippen LogP contribution is 2.39. The molecule has 1 aliphatic heterocycles. The summed E-state index contributed by atoms with van der Waals surface area (Å²) < 4.78 is 33.3. The smallest absolute Gasteiger partial charge is 0.269 e. The number of quaternary nitrogens is 1. The molecule has 5 atom stereocenters. The fourth-order valence-corrected chi connectivity index (χ4v) is 5.35. The zero-order chi connectivity index (χ0) is 22.5. The van der Waals surface area contributed by atoms with E-state index in [4.69, 9.17) is 23.6 Å². The molecule has 1 aliphatic carbocycles. The van der Waals surface area contributed by atoms with Gasteiger partial charge in [-0.15, -0.1) is 0 Å². The number of methoxy groups -OCH3 is 2. The van der Waals surface area contributed by atoms with Crippen LogP contribution in [-0.2, 0) is 20.2 Å². The van der Waals surface area contributed by atoms with Gasteiger partial charge in [0.05, 0.1) is 27.4 Å². The Balaban J connectivity index is 1.66. The molecule has 10 heteroatoms. The van der Waals surface area contributed by atoms with Gasteiger partial charge in [0.2, 0.25) is 0 Å². The van der Waals surface area contributed by atoms with Crippen LogP contribution in [0.1, 0.15) is 37.7 Å². The Morgan fingerprint density at radius 2 is 1.90 bits per heavy atom. The van der Waals surface area contributed by atoms with Crippen molar-refractivity contribution < 1.29 is 42.7 Å². The van der Waals surface area contributed by atoms with Crippen molar-refractivity contribution in [1.29, 1.82) is 0 Å². The lowest BCUT2D eigenvalue weighted by molar-refractivity contribution is -0.960. The Morgan fingerprint density at radius 1 is 1.16 bits per heavy atom. The number of benzene rings is 1. The molecule has 0 bridgehead atoms. The largest absolute Gasteiger partial charge is 0.756 e. The van der Waals surface area contributed by atoms with Crippen LogP contribution in [0.25, 0.3) is 0 Å². The lowest BCUT2D eigenvalue weighted by Crippen LogP contribution is -2.61. The predicted octanol–water partition coefficient (Wildman–Crippen LogP) is 1.59. The van der Waals surface area contributed by atoms with Crippen molar-refractivity contribution in [3.8, 4) is 11.5 Å². The van der Waals surface area contributed by atoms with Gasteiger partial charge < -0.3 is 29.1 Å². The zero-order valence-corrected chi connectivity index (χ0v) is 19.2. The average molecular weight is 459 g/mol. The first-order chi connectivity index (χ1) is 14.8. The lowest BCUT2D eigenvalue weighted by atomic mass is 9.89. The van der Waals surface area contributed by atoms with E-state index in [0.717, 1.165) is 31.2 Å². The van der Waals surface area contributed by atoms with Crippen molar-refractivity contribution in [3.05, 3.63) is 23.8 Å². The fraction of sp³-hybridized carbons (Fsp3) is 0.714. The van der Waals surface area contributed by atoms with Crippen LogP contribution in [0.2, 0.25) is 0 Å². The first-order valence-electron chi connectivity index (χ1n) is 10.8. The van der Waals surface area contributed by atoms with Crippen molar-refractivity contribution in [3.63, 3.8) is 0 Å². The molecular weight excluding hydrogens is 425 g/mol. The van der Waals surface area contributed by atoms with Gasteiger partial charge in [-0.25, -0.2) is 0 Å². The van der Waals surface area contributed by atoms with Crippen molar-refractivity contribution in [2.75, 3.05) is 40.6 Å². The van der Waals surface area contributed by atoms with Gasteiger partial charge in [-0.3, -0.25) is 13.6 Å². The highest BCUT2D eigenvalue weighted by Gasteiger charge is 2.48.